The summed E-state index contributed by atoms with van der Waals surface area (Å²) in [5.74, 6) is -1.30. The van der Waals surface area contributed by atoms with Crippen LogP contribution in [0.4, 0.5) is 8.78 Å². The van der Waals surface area contributed by atoms with E-state index in [4.69, 9.17) is 4.74 Å². The summed E-state index contributed by atoms with van der Waals surface area (Å²) in [5.41, 5.74) is -0.983. The Morgan fingerprint density at radius 1 is 1.27 bits per heavy atom. The highest BCUT2D eigenvalue weighted by atomic mass is 19.1. The van der Waals surface area contributed by atoms with E-state index in [-0.39, 0.29) is 12.4 Å². The van der Waals surface area contributed by atoms with Crippen molar-refractivity contribution in [3.63, 3.8) is 0 Å². The minimum Gasteiger partial charge on any atom is -0.490 e. The lowest BCUT2D eigenvalue weighted by atomic mass is 10.1. The summed E-state index contributed by atoms with van der Waals surface area (Å²) in [6.07, 6.45) is 0.505. The molecule has 0 aliphatic rings. The first-order valence-electron chi connectivity index (χ1n) is 4.74. The molecule has 1 atom stereocenters. The van der Waals surface area contributed by atoms with Gasteiger partial charge in [0.05, 0.1) is 5.60 Å². The largest absolute Gasteiger partial charge is 0.490 e. The van der Waals surface area contributed by atoms with Gasteiger partial charge in [0.25, 0.3) is 0 Å². The molecule has 0 saturated heterocycles. The maximum absolute atomic E-state index is 12.7. The fraction of sp³-hybridized carbons (Fsp3) is 0.455. The zero-order valence-electron chi connectivity index (χ0n) is 8.76. The van der Waals surface area contributed by atoms with Crippen molar-refractivity contribution in [2.24, 2.45) is 0 Å². The van der Waals surface area contributed by atoms with E-state index in [1.54, 1.807) is 13.8 Å². The van der Waals surface area contributed by atoms with Crippen molar-refractivity contribution in [2.45, 2.75) is 25.9 Å². The number of halogens is 2. The molecule has 84 valence electrons. The first kappa shape index (κ1) is 11.9. The molecular formula is C11H14F2O2. The molecule has 1 aromatic carbocycles. The fourth-order valence-electron chi connectivity index (χ4n) is 0.953. The lowest BCUT2D eigenvalue weighted by molar-refractivity contribution is 0.00827. The van der Waals surface area contributed by atoms with Crippen molar-refractivity contribution in [1.82, 2.24) is 0 Å². The fourth-order valence-corrected chi connectivity index (χ4v) is 0.953. The second-order valence-corrected chi connectivity index (χ2v) is 3.74. The SMILES string of the molecule is CCC(C)(O)COc1cc(F)cc(F)c1. The van der Waals surface area contributed by atoms with Crippen LogP contribution in [0.25, 0.3) is 0 Å². The van der Waals surface area contributed by atoms with Gasteiger partial charge in [-0.3, -0.25) is 0 Å². The predicted molar refractivity (Wildman–Crippen MR) is 52.8 cm³/mol. The first-order chi connectivity index (χ1) is 6.93. The molecule has 2 nitrogen and oxygen atoms in total. The van der Waals surface area contributed by atoms with E-state index in [0.29, 0.717) is 6.42 Å². The summed E-state index contributed by atoms with van der Waals surface area (Å²) in [6.45, 7) is 3.41. The van der Waals surface area contributed by atoms with Crippen LogP contribution in [0.1, 0.15) is 20.3 Å². The van der Waals surface area contributed by atoms with Gasteiger partial charge in [-0.2, -0.15) is 0 Å². The van der Waals surface area contributed by atoms with E-state index in [1.807, 2.05) is 0 Å². The van der Waals surface area contributed by atoms with Gasteiger partial charge in [0.1, 0.15) is 24.0 Å². The Labute approximate surface area is 87.5 Å². The molecule has 0 heterocycles. The molecule has 1 N–H and O–H groups in total. The van der Waals surface area contributed by atoms with Gasteiger partial charge in [-0.25, -0.2) is 8.78 Å². The molecule has 0 aliphatic heterocycles. The van der Waals surface area contributed by atoms with Gasteiger partial charge < -0.3 is 9.84 Å². The van der Waals surface area contributed by atoms with Crippen LogP contribution in [0.3, 0.4) is 0 Å². The topological polar surface area (TPSA) is 29.5 Å². The molecule has 4 heteroatoms. The average Bonchev–Trinajstić information content (AvgIpc) is 2.14. The molecular weight excluding hydrogens is 202 g/mol. The third-order valence-corrected chi connectivity index (χ3v) is 2.15. The van der Waals surface area contributed by atoms with Crippen LogP contribution in [0, 0.1) is 11.6 Å². The number of benzene rings is 1. The van der Waals surface area contributed by atoms with Gasteiger partial charge in [0.2, 0.25) is 0 Å². The Hall–Kier alpha value is -1.16. The Balaban J connectivity index is 2.65. The highest BCUT2D eigenvalue weighted by Crippen LogP contribution is 2.17. The Morgan fingerprint density at radius 3 is 2.27 bits per heavy atom. The highest BCUT2D eigenvalue weighted by molar-refractivity contribution is 5.23. The summed E-state index contributed by atoms with van der Waals surface area (Å²) >= 11 is 0. The first-order valence-corrected chi connectivity index (χ1v) is 4.74. The number of hydrogen-bond donors (Lipinski definition) is 1. The van der Waals surface area contributed by atoms with Gasteiger partial charge in [-0.05, 0) is 13.3 Å². The van der Waals surface area contributed by atoms with Crippen molar-refractivity contribution in [1.29, 1.82) is 0 Å². The lowest BCUT2D eigenvalue weighted by Gasteiger charge is -2.21. The van der Waals surface area contributed by atoms with E-state index in [1.165, 1.54) is 0 Å². The van der Waals surface area contributed by atoms with Crippen LogP contribution >= 0.6 is 0 Å². The standard InChI is InChI=1S/C11H14F2O2/c1-3-11(2,14)7-15-10-5-8(12)4-9(13)6-10/h4-6,14H,3,7H2,1-2H3. The molecule has 0 aromatic heterocycles. The van der Waals surface area contributed by atoms with Crippen LogP contribution in [-0.4, -0.2) is 17.3 Å². The van der Waals surface area contributed by atoms with Gasteiger partial charge in [-0.1, -0.05) is 6.92 Å². The minimum absolute atomic E-state index is 0.00634. The normalized spacial score (nSPS) is 14.7. The van der Waals surface area contributed by atoms with E-state index >= 15 is 0 Å². The monoisotopic (exact) mass is 216 g/mol. The minimum atomic E-state index is -0.983. The Bertz CT molecular complexity index is 317. The van der Waals surface area contributed by atoms with E-state index in [0.717, 1.165) is 18.2 Å². The second-order valence-electron chi connectivity index (χ2n) is 3.74. The van der Waals surface area contributed by atoms with Gasteiger partial charge >= 0.3 is 0 Å². The third-order valence-electron chi connectivity index (χ3n) is 2.15. The summed E-state index contributed by atoms with van der Waals surface area (Å²) in [7, 11) is 0. The van der Waals surface area contributed by atoms with E-state index in [2.05, 4.69) is 0 Å². The Morgan fingerprint density at radius 2 is 1.80 bits per heavy atom. The van der Waals surface area contributed by atoms with Crippen molar-refractivity contribution in [2.75, 3.05) is 6.61 Å². The smallest absolute Gasteiger partial charge is 0.129 e. The maximum Gasteiger partial charge on any atom is 0.129 e. The molecule has 0 amide bonds. The molecule has 0 bridgehead atoms. The summed E-state index contributed by atoms with van der Waals surface area (Å²) < 4.78 is 30.6. The van der Waals surface area contributed by atoms with Crippen LogP contribution < -0.4 is 4.74 Å². The maximum atomic E-state index is 12.7. The van der Waals surface area contributed by atoms with Crippen LogP contribution in [0.2, 0.25) is 0 Å². The number of rotatable bonds is 4. The number of aliphatic hydroxyl groups is 1. The number of ether oxygens (including phenoxy) is 1. The average molecular weight is 216 g/mol. The molecule has 0 aliphatic carbocycles. The van der Waals surface area contributed by atoms with Crippen molar-refractivity contribution < 1.29 is 18.6 Å². The predicted octanol–water partition coefficient (Wildman–Crippen LogP) is 2.50. The molecule has 1 aromatic rings. The van der Waals surface area contributed by atoms with Crippen LogP contribution in [0.5, 0.6) is 5.75 Å². The molecule has 1 rings (SSSR count). The molecule has 0 saturated carbocycles. The van der Waals surface area contributed by atoms with E-state index < -0.39 is 17.2 Å². The number of hydrogen-bond acceptors (Lipinski definition) is 2. The summed E-state index contributed by atoms with van der Waals surface area (Å²) in [4.78, 5) is 0. The molecule has 1 unspecified atom stereocenters. The molecule has 0 radical (unpaired) electrons. The van der Waals surface area contributed by atoms with Gasteiger partial charge in [0, 0.05) is 18.2 Å². The van der Waals surface area contributed by atoms with Crippen molar-refractivity contribution in [3.8, 4) is 5.75 Å². The highest BCUT2D eigenvalue weighted by Gasteiger charge is 2.18. The Kier molecular flexibility index (Phi) is 3.63. The molecule has 0 fully saturated rings. The quantitative estimate of drug-likeness (QED) is 0.837. The molecule has 0 spiro atoms. The van der Waals surface area contributed by atoms with Crippen LogP contribution in [-0.2, 0) is 0 Å². The second kappa shape index (κ2) is 4.57. The molecule has 15 heavy (non-hydrogen) atoms. The zero-order valence-corrected chi connectivity index (χ0v) is 8.76. The summed E-state index contributed by atoms with van der Waals surface area (Å²) in [6, 6.07) is 2.93. The lowest BCUT2D eigenvalue weighted by Crippen LogP contribution is -2.31. The van der Waals surface area contributed by atoms with E-state index in [9.17, 15) is 13.9 Å². The van der Waals surface area contributed by atoms with Crippen LogP contribution in [0.15, 0.2) is 18.2 Å². The van der Waals surface area contributed by atoms with Gasteiger partial charge in [0.15, 0.2) is 0 Å². The zero-order chi connectivity index (χ0) is 11.5. The summed E-state index contributed by atoms with van der Waals surface area (Å²) in [5, 5.41) is 9.61. The third kappa shape index (κ3) is 3.83. The van der Waals surface area contributed by atoms with Gasteiger partial charge in [-0.15, -0.1) is 0 Å². The van der Waals surface area contributed by atoms with Crippen molar-refractivity contribution >= 4 is 0 Å². The van der Waals surface area contributed by atoms with Crippen molar-refractivity contribution in [3.05, 3.63) is 29.8 Å².